The normalized spacial score (nSPS) is 44.2. The predicted molar refractivity (Wildman–Crippen MR) is 126 cm³/mol. The van der Waals surface area contributed by atoms with Gasteiger partial charge in [0.05, 0.1) is 6.04 Å². The highest BCUT2D eigenvalue weighted by molar-refractivity contribution is 5.30. The van der Waals surface area contributed by atoms with E-state index in [-0.39, 0.29) is 0 Å². The minimum atomic E-state index is 0.373. The van der Waals surface area contributed by atoms with Crippen LogP contribution in [0.15, 0.2) is 30.5 Å². The summed E-state index contributed by atoms with van der Waals surface area (Å²) >= 11 is 0. The maximum Gasteiger partial charge on any atom is 0.0508 e. The summed E-state index contributed by atoms with van der Waals surface area (Å²) in [4.78, 5) is 5.57. The zero-order valence-corrected chi connectivity index (χ0v) is 20.1. The van der Waals surface area contributed by atoms with Crippen molar-refractivity contribution in [2.45, 2.75) is 76.4 Å². The highest BCUT2D eigenvalue weighted by atomic mass is 15.2. The quantitative estimate of drug-likeness (QED) is 0.703. The SMILES string of the molecule is C[C@@H]1C(c2ccc(C3CC4(C)CCN3[C@H](C)C4c3cccn3C)n2C)C2CCN1CC2. The summed E-state index contributed by atoms with van der Waals surface area (Å²) in [6.07, 6.45) is 7.59. The molecule has 6 fully saturated rings. The molecular formula is C27H40N4. The van der Waals surface area contributed by atoms with Gasteiger partial charge in [0, 0.05) is 61.3 Å². The van der Waals surface area contributed by atoms with Crippen molar-refractivity contribution in [3.05, 3.63) is 47.5 Å². The summed E-state index contributed by atoms with van der Waals surface area (Å²) in [6, 6.07) is 11.4. The molecule has 8 rings (SSSR count). The van der Waals surface area contributed by atoms with Crippen molar-refractivity contribution >= 4 is 0 Å². The average Bonchev–Trinajstić information content (AvgIpc) is 3.34. The molecule has 0 aliphatic carbocycles. The van der Waals surface area contributed by atoms with Crippen LogP contribution in [0.25, 0.3) is 0 Å². The summed E-state index contributed by atoms with van der Waals surface area (Å²) in [5.41, 5.74) is 5.04. The lowest BCUT2D eigenvalue weighted by molar-refractivity contribution is -0.0743. The molecule has 6 aliphatic rings. The fourth-order valence-corrected chi connectivity index (χ4v) is 8.43. The van der Waals surface area contributed by atoms with E-state index in [2.05, 4.69) is 84.3 Å². The minimum Gasteiger partial charge on any atom is -0.354 e. The highest BCUT2D eigenvalue weighted by Gasteiger charge is 2.54. The number of hydrogen-bond donors (Lipinski definition) is 0. The largest absolute Gasteiger partial charge is 0.354 e. The molecule has 5 unspecified atom stereocenters. The van der Waals surface area contributed by atoms with E-state index in [0.717, 1.165) is 5.92 Å². The molecule has 31 heavy (non-hydrogen) atoms. The number of nitrogens with zero attached hydrogens (tertiary/aromatic N) is 4. The molecule has 2 aromatic heterocycles. The molecule has 2 aromatic rings. The highest BCUT2D eigenvalue weighted by Crippen LogP contribution is 2.58. The number of fused-ring (bicyclic) bond motifs is 6. The van der Waals surface area contributed by atoms with Crippen molar-refractivity contribution in [1.29, 1.82) is 0 Å². The predicted octanol–water partition coefficient (Wildman–Crippen LogP) is 4.89. The lowest BCUT2D eigenvalue weighted by Crippen LogP contribution is -2.58. The second-order valence-corrected chi connectivity index (χ2v) is 11.5. The first-order chi connectivity index (χ1) is 14.9. The van der Waals surface area contributed by atoms with Gasteiger partial charge in [-0.25, -0.2) is 0 Å². The number of hydrogen-bond acceptors (Lipinski definition) is 2. The molecular weight excluding hydrogens is 380 g/mol. The monoisotopic (exact) mass is 420 g/mol. The number of aromatic nitrogens is 2. The standard InChI is InChI=1S/C27H40N4/c1-18-25(20-10-14-30(18)15-11-20)22-9-8-21(29(22)5)24-17-27(3)12-16-31(24)19(2)26(27)23-7-6-13-28(23)4/h6-9,13,18-20,24-26H,10-12,14-17H2,1-5H3/t18-,19-,24?,25?,26?,27?/m1/s1. The molecule has 8 heterocycles. The van der Waals surface area contributed by atoms with Crippen LogP contribution in [0.3, 0.4) is 0 Å². The Morgan fingerprint density at radius 3 is 2.29 bits per heavy atom. The lowest BCUT2D eigenvalue weighted by atomic mass is 9.59. The lowest BCUT2D eigenvalue weighted by Gasteiger charge is -2.60. The van der Waals surface area contributed by atoms with Crippen molar-refractivity contribution in [3.8, 4) is 0 Å². The van der Waals surface area contributed by atoms with Gasteiger partial charge in [0.25, 0.3) is 0 Å². The van der Waals surface area contributed by atoms with E-state index in [1.807, 2.05) is 0 Å². The Labute approximate surface area is 188 Å². The second kappa shape index (κ2) is 6.99. The molecule has 168 valence electrons. The molecule has 0 aromatic carbocycles. The van der Waals surface area contributed by atoms with Crippen LogP contribution in [-0.4, -0.2) is 50.7 Å². The Kier molecular flexibility index (Phi) is 4.53. The summed E-state index contributed by atoms with van der Waals surface area (Å²) in [6.45, 7) is 11.4. The summed E-state index contributed by atoms with van der Waals surface area (Å²) in [5, 5.41) is 0. The van der Waals surface area contributed by atoms with Crippen molar-refractivity contribution in [2.75, 3.05) is 19.6 Å². The molecule has 0 amide bonds. The number of aryl methyl sites for hydroxylation is 1. The van der Waals surface area contributed by atoms with Gasteiger partial charge >= 0.3 is 0 Å². The molecule has 4 nitrogen and oxygen atoms in total. The first-order valence-corrected chi connectivity index (χ1v) is 12.7. The maximum absolute atomic E-state index is 2.84. The van der Waals surface area contributed by atoms with E-state index in [0.29, 0.717) is 35.4 Å². The van der Waals surface area contributed by atoms with E-state index in [9.17, 15) is 0 Å². The molecule has 7 atom stereocenters. The molecule has 4 heteroatoms. The van der Waals surface area contributed by atoms with Gasteiger partial charge in [-0.1, -0.05) is 6.92 Å². The number of piperidine rings is 6. The van der Waals surface area contributed by atoms with Crippen LogP contribution in [0.5, 0.6) is 0 Å². The van der Waals surface area contributed by atoms with Gasteiger partial charge in [0.15, 0.2) is 0 Å². The van der Waals surface area contributed by atoms with Gasteiger partial charge in [-0.15, -0.1) is 0 Å². The van der Waals surface area contributed by atoms with Gasteiger partial charge in [-0.3, -0.25) is 9.80 Å². The summed E-state index contributed by atoms with van der Waals surface area (Å²) in [5.74, 6) is 2.21. The topological polar surface area (TPSA) is 16.3 Å². The number of rotatable bonds is 3. The van der Waals surface area contributed by atoms with E-state index >= 15 is 0 Å². The minimum absolute atomic E-state index is 0.373. The van der Waals surface area contributed by atoms with Crippen molar-refractivity contribution < 1.29 is 0 Å². The molecule has 6 aliphatic heterocycles. The first kappa shape index (κ1) is 20.1. The van der Waals surface area contributed by atoms with Gasteiger partial charge in [-0.2, -0.15) is 0 Å². The van der Waals surface area contributed by atoms with Gasteiger partial charge < -0.3 is 9.13 Å². The van der Waals surface area contributed by atoms with E-state index in [1.54, 1.807) is 11.4 Å². The maximum atomic E-state index is 2.84. The van der Waals surface area contributed by atoms with Crippen LogP contribution in [0, 0.1) is 11.3 Å². The Bertz CT molecular complexity index is 962. The van der Waals surface area contributed by atoms with Gasteiger partial charge in [-0.05, 0) is 94.8 Å². The van der Waals surface area contributed by atoms with Crippen LogP contribution in [-0.2, 0) is 14.1 Å². The van der Waals surface area contributed by atoms with E-state index in [1.165, 1.54) is 51.0 Å². The first-order valence-electron chi connectivity index (χ1n) is 12.7. The van der Waals surface area contributed by atoms with Crippen LogP contribution in [0.1, 0.15) is 81.4 Å². The molecule has 0 saturated carbocycles. The smallest absolute Gasteiger partial charge is 0.0508 e. The van der Waals surface area contributed by atoms with Crippen LogP contribution < -0.4 is 0 Å². The van der Waals surface area contributed by atoms with E-state index in [4.69, 9.17) is 0 Å². The summed E-state index contributed by atoms with van der Waals surface area (Å²) < 4.78 is 4.97. The molecule has 0 radical (unpaired) electrons. The fourth-order valence-electron chi connectivity index (χ4n) is 8.43. The van der Waals surface area contributed by atoms with Gasteiger partial charge in [0.1, 0.15) is 0 Å². The Hall–Kier alpha value is -1.52. The Morgan fingerprint density at radius 1 is 0.903 bits per heavy atom. The summed E-state index contributed by atoms with van der Waals surface area (Å²) in [7, 11) is 4.58. The van der Waals surface area contributed by atoms with Crippen LogP contribution in [0.2, 0.25) is 0 Å². The zero-order chi connectivity index (χ0) is 21.5. The molecule has 6 saturated heterocycles. The van der Waals surface area contributed by atoms with Crippen molar-refractivity contribution in [1.82, 2.24) is 18.9 Å². The molecule has 0 N–H and O–H groups in total. The van der Waals surface area contributed by atoms with Crippen molar-refractivity contribution in [3.63, 3.8) is 0 Å². The third kappa shape index (κ3) is 2.80. The van der Waals surface area contributed by atoms with Crippen LogP contribution in [0.4, 0.5) is 0 Å². The molecule has 0 spiro atoms. The second-order valence-electron chi connectivity index (χ2n) is 11.5. The van der Waals surface area contributed by atoms with E-state index < -0.39 is 0 Å². The fraction of sp³-hybridized carbons (Fsp3) is 0.704. The third-order valence-electron chi connectivity index (χ3n) is 10.1. The molecule has 4 bridgehead atoms. The van der Waals surface area contributed by atoms with Crippen LogP contribution >= 0.6 is 0 Å². The zero-order valence-electron chi connectivity index (χ0n) is 20.1. The average molecular weight is 421 g/mol. The van der Waals surface area contributed by atoms with Gasteiger partial charge in [0.2, 0.25) is 0 Å². The third-order valence-corrected chi connectivity index (χ3v) is 10.1. The Balaban J connectivity index is 1.33. The Morgan fingerprint density at radius 2 is 1.65 bits per heavy atom. The van der Waals surface area contributed by atoms with Crippen molar-refractivity contribution in [2.24, 2.45) is 25.4 Å².